The zero-order valence-corrected chi connectivity index (χ0v) is 11.4. The maximum Gasteiger partial charge on any atom is 0.116 e. The van der Waals surface area contributed by atoms with E-state index in [1.807, 2.05) is 11.6 Å². The molecule has 3 heterocycles. The number of nitrogens with zero attached hydrogens (tertiary/aromatic N) is 3. The van der Waals surface area contributed by atoms with Crippen LogP contribution < -0.4 is 5.73 Å². The van der Waals surface area contributed by atoms with Crippen molar-refractivity contribution in [2.75, 3.05) is 26.3 Å². The van der Waals surface area contributed by atoms with E-state index in [0.717, 1.165) is 42.7 Å². The molecular weight excluding hydrogens is 262 g/mol. The van der Waals surface area contributed by atoms with Gasteiger partial charge >= 0.3 is 0 Å². The molecule has 0 spiro atoms. The molecule has 0 aliphatic carbocycles. The normalized spacial score (nSPS) is 18.6. The van der Waals surface area contributed by atoms with E-state index in [-0.39, 0.29) is 6.04 Å². The highest BCUT2D eigenvalue weighted by Gasteiger charge is 2.27. The molecule has 0 saturated carbocycles. The summed E-state index contributed by atoms with van der Waals surface area (Å²) < 4.78 is 5.42. The Balaban J connectivity index is 1.91. The molecule has 0 radical (unpaired) electrons. The largest absolute Gasteiger partial charge is 0.379 e. The monoisotopic (exact) mass is 279 g/mol. The Kier molecular flexibility index (Phi) is 3.88. The number of morpholine rings is 1. The smallest absolute Gasteiger partial charge is 0.116 e. The van der Waals surface area contributed by atoms with Crippen molar-refractivity contribution in [3.63, 3.8) is 0 Å². The van der Waals surface area contributed by atoms with E-state index < -0.39 is 0 Å². The number of rotatable bonds is 4. The molecule has 0 amide bonds. The minimum absolute atomic E-state index is 0.122. The molecule has 1 fully saturated rings. The van der Waals surface area contributed by atoms with Gasteiger partial charge in [0, 0.05) is 31.2 Å². The molecule has 102 valence electrons. The van der Waals surface area contributed by atoms with Gasteiger partial charge in [-0.2, -0.15) is 0 Å². The average molecular weight is 279 g/mol. The standard InChI is InChI=1S/C12H17N5OS/c13-5-9-7-19-12(16-9)11(10-6-14-8-15-10)17-1-3-18-4-2-17/h6-8,11H,1-5,13H2,(H,14,15). The van der Waals surface area contributed by atoms with Crippen LogP contribution in [0.1, 0.15) is 22.4 Å². The molecule has 1 aliphatic heterocycles. The van der Waals surface area contributed by atoms with E-state index in [1.54, 1.807) is 17.7 Å². The Morgan fingerprint density at radius 1 is 1.47 bits per heavy atom. The highest BCUT2D eigenvalue weighted by Crippen LogP contribution is 2.30. The van der Waals surface area contributed by atoms with Crippen LogP contribution in [0.15, 0.2) is 17.9 Å². The predicted molar refractivity (Wildman–Crippen MR) is 72.8 cm³/mol. The van der Waals surface area contributed by atoms with Crippen molar-refractivity contribution >= 4 is 11.3 Å². The van der Waals surface area contributed by atoms with Gasteiger partial charge in [0.2, 0.25) is 0 Å². The molecule has 7 heteroatoms. The van der Waals surface area contributed by atoms with Crippen LogP contribution in [0.25, 0.3) is 0 Å². The van der Waals surface area contributed by atoms with Gasteiger partial charge in [0.1, 0.15) is 11.0 Å². The van der Waals surface area contributed by atoms with Crippen molar-refractivity contribution < 1.29 is 4.74 Å². The first-order chi connectivity index (χ1) is 9.38. The lowest BCUT2D eigenvalue weighted by molar-refractivity contribution is 0.0232. The van der Waals surface area contributed by atoms with Crippen molar-refractivity contribution in [3.05, 3.63) is 34.3 Å². The SMILES string of the molecule is NCc1csc(C(c2cnc[nH]2)N2CCOCC2)n1. The van der Waals surface area contributed by atoms with Crippen LogP contribution in [-0.4, -0.2) is 46.2 Å². The number of aromatic nitrogens is 3. The third-order valence-electron chi connectivity index (χ3n) is 3.24. The minimum atomic E-state index is 0.122. The van der Waals surface area contributed by atoms with E-state index >= 15 is 0 Å². The maximum atomic E-state index is 5.65. The Hall–Kier alpha value is -1.28. The van der Waals surface area contributed by atoms with Gasteiger partial charge in [0.05, 0.1) is 30.9 Å². The molecular formula is C12H17N5OS. The van der Waals surface area contributed by atoms with Crippen molar-refractivity contribution in [3.8, 4) is 0 Å². The van der Waals surface area contributed by atoms with Crippen molar-refractivity contribution in [1.29, 1.82) is 0 Å². The summed E-state index contributed by atoms with van der Waals surface area (Å²) >= 11 is 1.65. The molecule has 2 aromatic rings. The number of nitrogens with one attached hydrogen (secondary N) is 1. The molecule has 0 aromatic carbocycles. The molecule has 2 aromatic heterocycles. The topological polar surface area (TPSA) is 80.1 Å². The van der Waals surface area contributed by atoms with E-state index in [0.29, 0.717) is 6.54 Å². The van der Waals surface area contributed by atoms with Crippen LogP contribution in [-0.2, 0) is 11.3 Å². The van der Waals surface area contributed by atoms with E-state index in [1.165, 1.54) is 0 Å². The summed E-state index contributed by atoms with van der Waals surface area (Å²) in [6.07, 6.45) is 3.57. The zero-order chi connectivity index (χ0) is 13.1. The first kappa shape index (κ1) is 12.7. The van der Waals surface area contributed by atoms with Gasteiger partial charge in [-0.3, -0.25) is 4.90 Å². The van der Waals surface area contributed by atoms with Gasteiger partial charge in [-0.15, -0.1) is 11.3 Å². The molecule has 1 atom stereocenters. The predicted octanol–water partition coefficient (Wildman–Crippen LogP) is 0.746. The minimum Gasteiger partial charge on any atom is -0.379 e. The summed E-state index contributed by atoms with van der Waals surface area (Å²) in [5.41, 5.74) is 7.66. The van der Waals surface area contributed by atoms with Crippen molar-refractivity contribution in [1.82, 2.24) is 19.9 Å². The van der Waals surface area contributed by atoms with E-state index in [4.69, 9.17) is 10.5 Å². The number of ether oxygens (including phenoxy) is 1. The molecule has 1 aliphatic rings. The molecule has 19 heavy (non-hydrogen) atoms. The number of aromatic amines is 1. The highest BCUT2D eigenvalue weighted by atomic mass is 32.1. The lowest BCUT2D eigenvalue weighted by atomic mass is 10.2. The Bertz CT molecular complexity index is 506. The van der Waals surface area contributed by atoms with Gasteiger partial charge in [0.25, 0.3) is 0 Å². The zero-order valence-electron chi connectivity index (χ0n) is 10.6. The van der Waals surface area contributed by atoms with Crippen LogP contribution in [0, 0.1) is 0 Å². The lowest BCUT2D eigenvalue weighted by Gasteiger charge is -2.32. The number of nitrogens with two attached hydrogens (primary N) is 1. The summed E-state index contributed by atoms with van der Waals surface area (Å²) in [4.78, 5) is 14.3. The fourth-order valence-electron chi connectivity index (χ4n) is 2.28. The molecule has 1 unspecified atom stereocenters. The Morgan fingerprint density at radius 3 is 2.95 bits per heavy atom. The Labute approximate surface area is 115 Å². The second-order valence-corrected chi connectivity index (χ2v) is 5.33. The van der Waals surface area contributed by atoms with Gasteiger partial charge in [0.15, 0.2) is 0 Å². The number of hydrogen-bond donors (Lipinski definition) is 2. The van der Waals surface area contributed by atoms with Gasteiger partial charge in [-0.25, -0.2) is 9.97 Å². The second kappa shape index (κ2) is 5.79. The fraction of sp³-hybridized carbons (Fsp3) is 0.500. The second-order valence-electron chi connectivity index (χ2n) is 4.44. The molecule has 0 bridgehead atoms. The summed E-state index contributed by atoms with van der Waals surface area (Å²) in [7, 11) is 0. The molecule has 3 rings (SSSR count). The number of hydrogen-bond acceptors (Lipinski definition) is 6. The molecule has 6 nitrogen and oxygen atoms in total. The number of thiazole rings is 1. The van der Waals surface area contributed by atoms with Gasteiger partial charge in [-0.05, 0) is 0 Å². The first-order valence-electron chi connectivity index (χ1n) is 6.33. The fourth-order valence-corrected chi connectivity index (χ4v) is 3.26. The third kappa shape index (κ3) is 2.69. The van der Waals surface area contributed by atoms with E-state index in [9.17, 15) is 0 Å². The van der Waals surface area contributed by atoms with Crippen LogP contribution >= 0.6 is 11.3 Å². The molecule has 1 saturated heterocycles. The summed E-state index contributed by atoms with van der Waals surface area (Å²) in [5, 5.41) is 3.09. The van der Waals surface area contributed by atoms with Crippen LogP contribution in [0.2, 0.25) is 0 Å². The lowest BCUT2D eigenvalue weighted by Crippen LogP contribution is -2.39. The van der Waals surface area contributed by atoms with Crippen LogP contribution in [0.5, 0.6) is 0 Å². The summed E-state index contributed by atoms with van der Waals surface area (Å²) in [6.45, 7) is 3.82. The Morgan fingerprint density at radius 2 is 2.32 bits per heavy atom. The van der Waals surface area contributed by atoms with Gasteiger partial charge in [-0.1, -0.05) is 0 Å². The van der Waals surface area contributed by atoms with Crippen molar-refractivity contribution in [2.24, 2.45) is 5.73 Å². The first-order valence-corrected chi connectivity index (χ1v) is 7.21. The van der Waals surface area contributed by atoms with Crippen LogP contribution in [0.3, 0.4) is 0 Å². The van der Waals surface area contributed by atoms with Crippen molar-refractivity contribution in [2.45, 2.75) is 12.6 Å². The maximum absolute atomic E-state index is 5.65. The van der Waals surface area contributed by atoms with E-state index in [2.05, 4.69) is 19.9 Å². The third-order valence-corrected chi connectivity index (χ3v) is 4.18. The number of imidazole rings is 1. The summed E-state index contributed by atoms with van der Waals surface area (Å²) in [6, 6.07) is 0.122. The van der Waals surface area contributed by atoms with Crippen LogP contribution in [0.4, 0.5) is 0 Å². The quantitative estimate of drug-likeness (QED) is 0.863. The summed E-state index contributed by atoms with van der Waals surface area (Å²) in [5.74, 6) is 0. The average Bonchev–Trinajstić information content (AvgIpc) is 3.12. The number of H-pyrrole nitrogens is 1. The molecule has 3 N–H and O–H groups in total. The van der Waals surface area contributed by atoms with Gasteiger partial charge < -0.3 is 15.5 Å². The highest BCUT2D eigenvalue weighted by molar-refractivity contribution is 7.09.